The molecule has 0 fully saturated rings. The van der Waals surface area contributed by atoms with Crippen molar-refractivity contribution in [2.24, 2.45) is 5.41 Å². The lowest BCUT2D eigenvalue weighted by molar-refractivity contribution is -0.118. The van der Waals surface area contributed by atoms with Crippen LogP contribution >= 0.6 is 0 Å². The smallest absolute Gasteiger partial charge is 0.137 e. The van der Waals surface area contributed by atoms with Gasteiger partial charge < -0.3 is 0 Å². The number of hydrogen-bond donors (Lipinski definition) is 0. The second-order valence-electron chi connectivity index (χ2n) is 4.90. The summed E-state index contributed by atoms with van der Waals surface area (Å²) in [6.45, 7) is 8.88. The zero-order valence-electron chi connectivity index (χ0n) is 9.24. The minimum absolute atomic E-state index is 0.256. The molecule has 0 bridgehead atoms. The third kappa shape index (κ3) is 2.43. The summed E-state index contributed by atoms with van der Waals surface area (Å²) in [7, 11) is 0. The minimum atomic E-state index is 0.256. The van der Waals surface area contributed by atoms with Gasteiger partial charge in [-0.3, -0.25) is 4.79 Å². The normalized spacial score (nSPS) is 19.5. The summed E-state index contributed by atoms with van der Waals surface area (Å²) in [6.07, 6.45) is 3.50. The maximum absolute atomic E-state index is 11.3. The van der Waals surface area contributed by atoms with E-state index in [0.717, 1.165) is 19.3 Å². The van der Waals surface area contributed by atoms with Crippen LogP contribution in [0.3, 0.4) is 0 Å². The van der Waals surface area contributed by atoms with Crippen molar-refractivity contribution in [3.05, 3.63) is 11.1 Å². The molecule has 0 spiro atoms. The molecule has 0 aromatic carbocycles. The van der Waals surface area contributed by atoms with Gasteiger partial charge in [0.25, 0.3) is 0 Å². The Balaban J connectivity index is 2.96. The van der Waals surface area contributed by atoms with Crippen LogP contribution in [0.15, 0.2) is 11.1 Å². The zero-order valence-corrected chi connectivity index (χ0v) is 9.24. The molecule has 0 aliphatic heterocycles. The Kier molecular flexibility index (Phi) is 2.94. The highest BCUT2D eigenvalue weighted by Crippen LogP contribution is 2.37. The molecule has 0 radical (unpaired) electrons. The molecule has 0 aromatic rings. The Morgan fingerprint density at radius 1 is 1.23 bits per heavy atom. The Bertz CT molecular complexity index is 240. The fourth-order valence-electron chi connectivity index (χ4n) is 2.12. The first-order valence-corrected chi connectivity index (χ1v) is 5.18. The molecule has 1 heteroatoms. The fourth-order valence-corrected chi connectivity index (χ4v) is 2.12. The average Bonchev–Trinajstić information content (AvgIpc) is 2.01. The Hall–Kier alpha value is -0.590. The van der Waals surface area contributed by atoms with Gasteiger partial charge in [0.1, 0.15) is 5.78 Å². The highest BCUT2D eigenvalue weighted by atomic mass is 16.1. The maximum Gasteiger partial charge on any atom is 0.137 e. The van der Waals surface area contributed by atoms with Crippen LogP contribution in [0.2, 0.25) is 0 Å². The maximum atomic E-state index is 11.3. The number of ketones is 1. The molecular formula is C12H20O. The monoisotopic (exact) mass is 180 g/mol. The summed E-state index contributed by atoms with van der Waals surface area (Å²) in [5.41, 5.74) is 3.17. The highest BCUT2D eigenvalue weighted by molar-refractivity contribution is 5.82. The van der Waals surface area contributed by atoms with Gasteiger partial charge in [-0.15, -0.1) is 0 Å². The third-order valence-electron chi connectivity index (χ3n) is 2.82. The molecule has 74 valence electrons. The number of carbonyl (C=O) groups is 1. The Morgan fingerprint density at radius 2 is 1.85 bits per heavy atom. The van der Waals surface area contributed by atoms with Crippen LogP contribution in [0, 0.1) is 5.41 Å². The number of hydrogen-bond acceptors (Lipinski definition) is 1. The van der Waals surface area contributed by atoms with Gasteiger partial charge in [0.2, 0.25) is 0 Å². The van der Waals surface area contributed by atoms with E-state index >= 15 is 0 Å². The van der Waals surface area contributed by atoms with Gasteiger partial charge in [-0.25, -0.2) is 0 Å². The van der Waals surface area contributed by atoms with E-state index in [-0.39, 0.29) is 5.41 Å². The first-order chi connectivity index (χ1) is 5.95. The van der Waals surface area contributed by atoms with Crippen molar-refractivity contribution in [1.82, 2.24) is 0 Å². The van der Waals surface area contributed by atoms with Crippen molar-refractivity contribution in [3.63, 3.8) is 0 Å². The predicted octanol–water partition coefficient (Wildman–Crippen LogP) is 3.49. The molecule has 13 heavy (non-hydrogen) atoms. The van der Waals surface area contributed by atoms with E-state index in [0.29, 0.717) is 12.2 Å². The van der Waals surface area contributed by atoms with Crippen LogP contribution in [0.1, 0.15) is 53.4 Å². The van der Waals surface area contributed by atoms with Crippen molar-refractivity contribution in [2.45, 2.75) is 53.4 Å². The third-order valence-corrected chi connectivity index (χ3v) is 2.82. The molecule has 1 rings (SSSR count). The average molecular weight is 180 g/mol. The summed E-state index contributed by atoms with van der Waals surface area (Å²) in [4.78, 5) is 11.3. The molecule has 0 N–H and O–H groups in total. The SMILES string of the molecule is CCC1=C(C(C)(C)C)CCC(=O)C1. The van der Waals surface area contributed by atoms with Gasteiger partial charge in [0.05, 0.1) is 0 Å². The molecule has 1 aliphatic rings. The number of Topliss-reactive ketones (excluding diaryl/α,β-unsaturated/α-hetero) is 1. The highest BCUT2D eigenvalue weighted by Gasteiger charge is 2.25. The second kappa shape index (κ2) is 3.65. The van der Waals surface area contributed by atoms with Gasteiger partial charge in [-0.05, 0) is 18.3 Å². The molecule has 0 unspecified atom stereocenters. The molecule has 0 amide bonds. The van der Waals surface area contributed by atoms with Crippen LogP contribution in [-0.2, 0) is 4.79 Å². The predicted molar refractivity (Wildman–Crippen MR) is 55.6 cm³/mol. The standard InChI is InChI=1S/C12H20O/c1-5-9-8-10(13)6-7-11(9)12(2,3)4/h5-8H2,1-4H3. The summed E-state index contributed by atoms with van der Waals surface area (Å²) in [5.74, 6) is 0.421. The quantitative estimate of drug-likeness (QED) is 0.564. The second-order valence-corrected chi connectivity index (χ2v) is 4.90. The number of allylic oxidation sites excluding steroid dienone is 2. The zero-order chi connectivity index (χ0) is 10.1. The van der Waals surface area contributed by atoms with E-state index in [1.807, 2.05) is 0 Å². The molecule has 0 atom stereocenters. The van der Waals surface area contributed by atoms with E-state index < -0.39 is 0 Å². The molecular weight excluding hydrogens is 160 g/mol. The first kappa shape index (κ1) is 10.5. The van der Waals surface area contributed by atoms with E-state index in [1.165, 1.54) is 11.1 Å². The summed E-state index contributed by atoms with van der Waals surface area (Å²) >= 11 is 0. The molecule has 0 heterocycles. The molecule has 0 aromatic heterocycles. The Labute approximate surface area is 81.2 Å². The van der Waals surface area contributed by atoms with E-state index in [2.05, 4.69) is 27.7 Å². The van der Waals surface area contributed by atoms with E-state index in [4.69, 9.17) is 0 Å². The van der Waals surface area contributed by atoms with Crippen LogP contribution < -0.4 is 0 Å². The minimum Gasteiger partial charge on any atom is -0.299 e. The van der Waals surface area contributed by atoms with Crippen LogP contribution in [0.25, 0.3) is 0 Å². The van der Waals surface area contributed by atoms with E-state index in [9.17, 15) is 4.79 Å². The lowest BCUT2D eigenvalue weighted by Crippen LogP contribution is -2.19. The van der Waals surface area contributed by atoms with Crippen LogP contribution in [0.5, 0.6) is 0 Å². The van der Waals surface area contributed by atoms with Gasteiger partial charge in [-0.2, -0.15) is 0 Å². The van der Waals surface area contributed by atoms with Crippen molar-refractivity contribution in [2.75, 3.05) is 0 Å². The van der Waals surface area contributed by atoms with Gasteiger partial charge in [-0.1, -0.05) is 38.8 Å². The molecule has 0 saturated carbocycles. The number of rotatable bonds is 1. The van der Waals surface area contributed by atoms with Crippen molar-refractivity contribution in [3.8, 4) is 0 Å². The van der Waals surface area contributed by atoms with Crippen LogP contribution in [0.4, 0.5) is 0 Å². The van der Waals surface area contributed by atoms with Gasteiger partial charge in [0.15, 0.2) is 0 Å². The summed E-state index contributed by atoms with van der Waals surface area (Å²) < 4.78 is 0. The van der Waals surface area contributed by atoms with Crippen LogP contribution in [-0.4, -0.2) is 5.78 Å². The summed E-state index contributed by atoms with van der Waals surface area (Å²) in [6, 6.07) is 0. The lowest BCUT2D eigenvalue weighted by Gasteiger charge is -2.29. The lowest BCUT2D eigenvalue weighted by atomic mass is 9.75. The Morgan fingerprint density at radius 3 is 2.31 bits per heavy atom. The first-order valence-electron chi connectivity index (χ1n) is 5.18. The topological polar surface area (TPSA) is 17.1 Å². The van der Waals surface area contributed by atoms with Crippen molar-refractivity contribution < 1.29 is 4.79 Å². The molecule has 0 saturated heterocycles. The fraction of sp³-hybridized carbons (Fsp3) is 0.750. The largest absolute Gasteiger partial charge is 0.299 e. The van der Waals surface area contributed by atoms with Gasteiger partial charge >= 0.3 is 0 Å². The number of carbonyl (C=O) groups excluding carboxylic acids is 1. The van der Waals surface area contributed by atoms with Crippen molar-refractivity contribution in [1.29, 1.82) is 0 Å². The molecule has 1 nitrogen and oxygen atoms in total. The summed E-state index contributed by atoms with van der Waals surface area (Å²) in [5, 5.41) is 0. The molecule has 1 aliphatic carbocycles. The van der Waals surface area contributed by atoms with Gasteiger partial charge in [0, 0.05) is 12.8 Å². The van der Waals surface area contributed by atoms with E-state index in [1.54, 1.807) is 0 Å². The van der Waals surface area contributed by atoms with Crippen molar-refractivity contribution >= 4 is 5.78 Å².